The van der Waals surface area contributed by atoms with Crippen molar-refractivity contribution < 1.29 is 24.2 Å². The molecule has 2 aromatic carbocycles. The first kappa shape index (κ1) is 23.7. The molecule has 1 atom stereocenters. The lowest BCUT2D eigenvalue weighted by Gasteiger charge is -2.19. The number of aromatic nitrogens is 2. The van der Waals surface area contributed by atoms with E-state index in [0.29, 0.717) is 5.69 Å². The molecular weight excluding hydrogens is 448 g/mol. The van der Waals surface area contributed by atoms with E-state index in [4.69, 9.17) is 9.84 Å². The van der Waals surface area contributed by atoms with Gasteiger partial charge in [-0.2, -0.15) is 0 Å². The number of carboxylic acids is 1. The maximum absolute atomic E-state index is 12.8. The van der Waals surface area contributed by atoms with Crippen LogP contribution in [-0.2, 0) is 20.7 Å². The summed E-state index contributed by atoms with van der Waals surface area (Å²) in [7, 11) is 0. The molecule has 1 aliphatic rings. The van der Waals surface area contributed by atoms with E-state index in [1.807, 2.05) is 36.4 Å². The number of nitrogens with one attached hydrogen (secondary N) is 3. The number of nitrogens with zero attached hydrogens (tertiary/aromatic N) is 1. The van der Waals surface area contributed by atoms with Crippen LogP contribution in [0.4, 0.5) is 4.79 Å². The van der Waals surface area contributed by atoms with Gasteiger partial charge in [-0.3, -0.25) is 4.79 Å². The van der Waals surface area contributed by atoms with Crippen LogP contribution in [0.25, 0.3) is 11.1 Å². The Morgan fingerprint density at radius 3 is 2.37 bits per heavy atom. The summed E-state index contributed by atoms with van der Waals surface area (Å²) in [6.07, 6.45) is 3.88. The number of carbonyl (C=O) groups excluding carboxylic acids is 2. The zero-order valence-electron chi connectivity index (χ0n) is 19.2. The number of rotatable bonds is 9. The van der Waals surface area contributed by atoms with E-state index in [9.17, 15) is 14.4 Å². The minimum atomic E-state index is -1.06. The van der Waals surface area contributed by atoms with E-state index in [1.165, 1.54) is 19.3 Å². The van der Waals surface area contributed by atoms with Crippen molar-refractivity contribution in [2.45, 2.75) is 25.3 Å². The molecule has 180 valence electrons. The van der Waals surface area contributed by atoms with Crippen molar-refractivity contribution in [1.29, 1.82) is 0 Å². The second-order valence-corrected chi connectivity index (χ2v) is 8.24. The molecule has 0 spiro atoms. The zero-order valence-corrected chi connectivity index (χ0v) is 19.2. The van der Waals surface area contributed by atoms with Crippen molar-refractivity contribution in [3.05, 3.63) is 89.5 Å². The monoisotopic (exact) mass is 474 g/mol. The largest absolute Gasteiger partial charge is 0.478 e. The highest BCUT2D eigenvalue weighted by molar-refractivity contribution is 5.87. The summed E-state index contributed by atoms with van der Waals surface area (Å²) in [5.41, 5.74) is 5.19. The Morgan fingerprint density at radius 1 is 1.11 bits per heavy atom. The Kier molecular flexibility index (Phi) is 7.25. The van der Waals surface area contributed by atoms with Gasteiger partial charge in [-0.25, -0.2) is 14.6 Å². The van der Waals surface area contributed by atoms with Gasteiger partial charge in [0.15, 0.2) is 0 Å². The Labute approximate surface area is 202 Å². The average molecular weight is 475 g/mol. The Morgan fingerprint density at radius 2 is 1.77 bits per heavy atom. The fourth-order valence-corrected chi connectivity index (χ4v) is 4.12. The number of benzene rings is 2. The third kappa shape index (κ3) is 5.57. The normalized spacial score (nSPS) is 13.5. The third-order valence-corrected chi connectivity index (χ3v) is 5.95. The lowest BCUT2D eigenvalue weighted by Crippen LogP contribution is -2.48. The Bertz CT molecular complexity index is 1210. The van der Waals surface area contributed by atoms with Gasteiger partial charge in [-0.1, -0.05) is 54.6 Å². The first-order valence-electron chi connectivity index (χ1n) is 11.2. The fourth-order valence-electron chi connectivity index (χ4n) is 4.12. The van der Waals surface area contributed by atoms with Gasteiger partial charge >= 0.3 is 12.1 Å². The van der Waals surface area contributed by atoms with E-state index >= 15 is 0 Å². The van der Waals surface area contributed by atoms with Crippen LogP contribution < -0.4 is 10.6 Å². The lowest BCUT2D eigenvalue weighted by molar-refractivity contribution is -0.132. The molecular formula is C26H26N4O5. The lowest BCUT2D eigenvalue weighted by atomic mass is 9.98. The highest BCUT2D eigenvalue weighted by Crippen LogP contribution is 2.44. The molecule has 1 aliphatic carbocycles. The van der Waals surface area contributed by atoms with Gasteiger partial charge in [0.05, 0.1) is 6.33 Å². The highest BCUT2D eigenvalue weighted by atomic mass is 16.5. The van der Waals surface area contributed by atoms with Crippen LogP contribution >= 0.6 is 0 Å². The van der Waals surface area contributed by atoms with E-state index in [1.54, 1.807) is 6.20 Å². The number of imidazole rings is 1. The van der Waals surface area contributed by atoms with Crippen molar-refractivity contribution in [3.63, 3.8) is 0 Å². The number of ether oxygens (including phenoxy) is 1. The number of carbonyl (C=O) groups is 3. The van der Waals surface area contributed by atoms with Crippen molar-refractivity contribution in [3.8, 4) is 11.1 Å². The van der Waals surface area contributed by atoms with Crippen molar-refractivity contribution in [1.82, 2.24) is 20.6 Å². The van der Waals surface area contributed by atoms with E-state index in [0.717, 1.165) is 22.3 Å². The summed E-state index contributed by atoms with van der Waals surface area (Å²) in [5.74, 6) is -1.63. The van der Waals surface area contributed by atoms with Crippen LogP contribution in [0.5, 0.6) is 0 Å². The molecule has 0 saturated carbocycles. The molecule has 4 N–H and O–H groups in total. The molecule has 9 heteroatoms. The van der Waals surface area contributed by atoms with Crippen LogP contribution in [0.15, 0.2) is 72.7 Å². The number of H-pyrrole nitrogens is 1. The first-order valence-corrected chi connectivity index (χ1v) is 11.2. The average Bonchev–Trinajstić information content (AvgIpc) is 3.48. The van der Waals surface area contributed by atoms with E-state index in [2.05, 4.69) is 32.7 Å². The molecule has 0 fully saturated rings. The molecule has 1 heterocycles. The molecule has 0 aliphatic heterocycles. The van der Waals surface area contributed by atoms with Gasteiger partial charge in [-0.15, -0.1) is 0 Å². The molecule has 2 amide bonds. The summed E-state index contributed by atoms with van der Waals surface area (Å²) >= 11 is 0. The van der Waals surface area contributed by atoms with Crippen LogP contribution in [0.1, 0.15) is 29.7 Å². The molecule has 9 nitrogen and oxygen atoms in total. The number of hydrogen-bond donors (Lipinski definition) is 4. The second kappa shape index (κ2) is 10.7. The third-order valence-electron chi connectivity index (χ3n) is 5.95. The summed E-state index contributed by atoms with van der Waals surface area (Å²) in [6.45, 7) is 1.58. The molecule has 3 aromatic rings. The predicted octanol–water partition coefficient (Wildman–Crippen LogP) is 3.01. The molecule has 0 radical (unpaired) electrons. The van der Waals surface area contributed by atoms with Gasteiger partial charge in [0.25, 0.3) is 0 Å². The summed E-state index contributed by atoms with van der Waals surface area (Å²) in [6, 6.07) is 15.1. The summed E-state index contributed by atoms with van der Waals surface area (Å²) in [4.78, 5) is 43.3. The smallest absolute Gasteiger partial charge is 0.407 e. The fraction of sp³-hybridized carbons (Fsp3) is 0.231. The SMILES string of the molecule is C/C(=C/CNC(=O)[C@H](Cc1cnc[nH]1)NC(=O)OCC1c2ccccc2-c2ccccc21)C(=O)O. The van der Waals surface area contributed by atoms with Crippen molar-refractivity contribution >= 4 is 18.0 Å². The van der Waals surface area contributed by atoms with Gasteiger partial charge in [0, 0.05) is 36.3 Å². The quantitative estimate of drug-likeness (QED) is 0.352. The topological polar surface area (TPSA) is 133 Å². The molecule has 1 aromatic heterocycles. The van der Waals surface area contributed by atoms with E-state index < -0.39 is 24.0 Å². The van der Waals surface area contributed by atoms with Gasteiger partial charge in [0.1, 0.15) is 12.6 Å². The zero-order chi connectivity index (χ0) is 24.8. The van der Waals surface area contributed by atoms with Crippen LogP contribution in [0.2, 0.25) is 0 Å². The molecule has 4 rings (SSSR count). The number of alkyl carbamates (subject to hydrolysis) is 1. The van der Waals surface area contributed by atoms with Gasteiger partial charge < -0.3 is 25.5 Å². The second-order valence-electron chi connectivity index (χ2n) is 8.24. The van der Waals surface area contributed by atoms with Crippen molar-refractivity contribution in [2.75, 3.05) is 13.2 Å². The first-order chi connectivity index (χ1) is 16.9. The minimum Gasteiger partial charge on any atom is -0.478 e. The highest BCUT2D eigenvalue weighted by Gasteiger charge is 2.30. The van der Waals surface area contributed by atoms with E-state index in [-0.39, 0.29) is 31.1 Å². The standard InChI is InChI=1S/C26H26N4O5/c1-16(25(32)33)10-11-28-24(31)23(12-17-13-27-15-29-17)30-26(34)35-14-22-20-8-4-2-6-18(20)19-7-3-5-9-21(19)22/h2-10,13,15,22-23H,11-12,14H2,1H3,(H,27,29)(H,28,31)(H,30,34)(H,32,33)/b16-10-/t23-/m0/s1. The summed E-state index contributed by atoms with van der Waals surface area (Å²) < 4.78 is 5.57. The number of hydrogen-bond acceptors (Lipinski definition) is 5. The molecule has 0 bridgehead atoms. The Balaban J connectivity index is 1.41. The number of amides is 2. The number of aliphatic carboxylic acids is 1. The maximum atomic E-state index is 12.8. The van der Waals surface area contributed by atoms with Crippen LogP contribution in [0, 0.1) is 0 Å². The molecule has 35 heavy (non-hydrogen) atoms. The molecule has 0 unspecified atom stereocenters. The number of carboxylic acid groups (broad SMARTS) is 1. The van der Waals surface area contributed by atoms with Crippen molar-refractivity contribution in [2.24, 2.45) is 0 Å². The maximum Gasteiger partial charge on any atom is 0.407 e. The number of aromatic amines is 1. The number of fused-ring (bicyclic) bond motifs is 3. The predicted molar refractivity (Wildman–Crippen MR) is 129 cm³/mol. The van der Waals surface area contributed by atoms with Crippen LogP contribution in [0.3, 0.4) is 0 Å². The summed E-state index contributed by atoms with van der Waals surface area (Å²) in [5, 5.41) is 14.2. The Hall–Kier alpha value is -4.40. The molecule has 0 saturated heterocycles. The van der Waals surface area contributed by atoms with Crippen LogP contribution in [-0.4, -0.2) is 52.2 Å². The van der Waals surface area contributed by atoms with Gasteiger partial charge in [-0.05, 0) is 29.2 Å². The minimum absolute atomic E-state index is 0.0167. The van der Waals surface area contributed by atoms with Gasteiger partial charge in [0.2, 0.25) is 5.91 Å².